The number of fused-ring (bicyclic) bond motifs is 1. The first kappa shape index (κ1) is 16.2. The van der Waals surface area contributed by atoms with E-state index < -0.39 is 23.9 Å². The third-order valence-corrected chi connectivity index (χ3v) is 3.47. The molecular weight excluding hydrogens is 324 g/mol. The first-order valence-electron chi connectivity index (χ1n) is 7.38. The van der Waals surface area contributed by atoms with Crippen LogP contribution in [0.4, 0.5) is 0 Å². The molecule has 0 aliphatic heterocycles. The topological polar surface area (TPSA) is 117 Å². The Morgan fingerprint density at radius 2 is 2.00 bits per heavy atom. The van der Waals surface area contributed by atoms with Gasteiger partial charge in [0.05, 0.1) is 5.69 Å². The van der Waals surface area contributed by atoms with Crippen molar-refractivity contribution in [1.82, 2.24) is 19.9 Å². The summed E-state index contributed by atoms with van der Waals surface area (Å²) in [5.74, 6) is -1.98. The Morgan fingerprint density at radius 3 is 2.72 bits per heavy atom. The van der Waals surface area contributed by atoms with Crippen molar-refractivity contribution >= 4 is 29.7 Å². The van der Waals surface area contributed by atoms with Crippen molar-refractivity contribution in [2.24, 2.45) is 0 Å². The number of aromatic amines is 1. The molecule has 0 fully saturated rings. The molecule has 0 radical (unpaired) electrons. The minimum Gasteiger partial charge on any atom is -0.480 e. The highest BCUT2D eigenvalue weighted by molar-refractivity contribution is 6.01. The van der Waals surface area contributed by atoms with Crippen LogP contribution in [0.2, 0.25) is 0 Å². The number of benzene rings is 1. The molecule has 8 nitrogen and oxygen atoms in total. The second kappa shape index (κ2) is 6.83. The SMILES string of the molecule is O=C(O)CNC(=O)c1c(=O)cc(C=Cc2ccccc2)n2[nH]cnc12. The minimum atomic E-state index is -1.20. The molecule has 0 bridgehead atoms. The number of carbonyl (C=O) groups excluding carboxylic acids is 1. The minimum absolute atomic E-state index is 0.128. The van der Waals surface area contributed by atoms with Crippen molar-refractivity contribution < 1.29 is 14.7 Å². The highest BCUT2D eigenvalue weighted by atomic mass is 16.4. The van der Waals surface area contributed by atoms with Crippen LogP contribution in [0.25, 0.3) is 17.8 Å². The largest absolute Gasteiger partial charge is 0.480 e. The molecule has 1 amide bonds. The van der Waals surface area contributed by atoms with Gasteiger partial charge in [-0.1, -0.05) is 36.4 Å². The van der Waals surface area contributed by atoms with Crippen molar-refractivity contribution in [3.8, 4) is 0 Å². The van der Waals surface area contributed by atoms with Crippen LogP contribution in [0.15, 0.2) is 47.5 Å². The van der Waals surface area contributed by atoms with Gasteiger partial charge < -0.3 is 10.4 Å². The van der Waals surface area contributed by atoms with Gasteiger partial charge in [-0.25, -0.2) is 9.50 Å². The van der Waals surface area contributed by atoms with Crippen molar-refractivity contribution in [3.63, 3.8) is 0 Å². The zero-order valence-corrected chi connectivity index (χ0v) is 13.0. The molecule has 1 aromatic carbocycles. The Kier molecular flexibility index (Phi) is 4.42. The standard InChI is InChI=1S/C17H14N4O4/c22-13-8-12(7-6-11-4-2-1-3-5-11)21-16(19-10-20-21)15(13)17(25)18-9-14(23)24/h1-8,10H,9H2,(H,18,25)(H,19,20)(H,23,24). The van der Waals surface area contributed by atoms with E-state index in [-0.39, 0.29) is 11.2 Å². The molecule has 0 unspecified atom stereocenters. The number of aromatic nitrogens is 3. The van der Waals surface area contributed by atoms with Crippen molar-refractivity contribution in [1.29, 1.82) is 0 Å². The summed E-state index contributed by atoms with van der Waals surface area (Å²) in [5.41, 5.74) is 0.841. The van der Waals surface area contributed by atoms with E-state index in [2.05, 4.69) is 15.4 Å². The van der Waals surface area contributed by atoms with E-state index in [1.165, 1.54) is 16.9 Å². The number of H-pyrrole nitrogens is 1. The first-order chi connectivity index (χ1) is 12.1. The smallest absolute Gasteiger partial charge is 0.322 e. The average molecular weight is 338 g/mol. The molecule has 3 N–H and O–H groups in total. The van der Waals surface area contributed by atoms with Crippen molar-refractivity contribution in [2.45, 2.75) is 0 Å². The monoisotopic (exact) mass is 338 g/mol. The van der Waals surface area contributed by atoms with E-state index in [4.69, 9.17) is 5.11 Å². The van der Waals surface area contributed by atoms with Gasteiger partial charge in [0.25, 0.3) is 5.91 Å². The third kappa shape index (κ3) is 3.47. The fourth-order valence-electron chi connectivity index (χ4n) is 2.35. The first-order valence-corrected chi connectivity index (χ1v) is 7.38. The lowest BCUT2D eigenvalue weighted by Crippen LogP contribution is -2.33. The molecule has 0 aliphatic rings. The number of nitrogens with zero attached hydrogens (tertiary/aromatic N) is 2. The van der Waals surface area contributed by atoms with Gasteiger partial charge in [-0.2, -0.15) is 0 Å². The molecule has 126 valence electrons. The Balaban J connectivity index is 2.01. The van der Waals surface area contributed by atoms with Crippen LogP contribution in [0.5, 0.6) is 0 Å². The normalized spacial score (nSPS) is 11.0. The van der Waals surface area contributed by atoms with Crippen LogP contribution in [0.1, 0.15) is 21.6 Å². The van der Waals surface area contributed by atoms with Crippen molar-refractivity contribution in [2.75, 3.05) is 6.54 Å². The molecule has 25 heavy (non-hydrogen) atoms. The number of hydrogen-bond donors (Lipinski definition) is 3. The van der Waals surface area contributed by atoms with Gasteiger partial charge in [-0.05, 0) is 11.6 Å². The highest BCUT2D eigenvalue weighted by Crippen LogP contribution is 2.10. The predicted molar refractivity (Wildman–Crippen MR) is 91.2 cm³/mol. The van der Waals surface area contributed by atoms with Crippen molar-refractivity contribution in [3.05, 3.63) is 69.8 Å². The molecule has 0 atom stereocenters. The molecule has 0 aliphatic carbocycles. The van der Waals surface area contributed by atoms with E-state index in [0.717, 1.165) is 5.56 Å². The lowest BCUT2D eigenvalue weighted by atomic mass is 10.1. The van der Waals surface area contributed by atoms with Gasteiger partial charge in [0.1, 0.15) is 18.4 Å². The Bertz CT molecular complexity index is 1020. The van der Waals surface area contributed by atoms with Gasteiger partial charge in [-0.15, -0.1) is 0 Å². The summed E-state index contributed by atoms with van der Waals surface area (Å²) in [6, 6.07) is 10.8. The number of carboxylic acids is 1. The molecule has 0 saturated carbocycles. The summed E-state index contributed by atoms with van der Waals surface area (Å²) >= 11 is 0. The summed E-state index contributed by atoms with van der Waals surface area (Å²) in [6.45, 7) is -0.579. The summed E-state index contributed by atoms with van der Waals surface area (Å²) in [5, 5.41) is 13.7. The van der Waals surface area contributed by atoms with Crippen LogP contribution in [0.3, 0.4) is 0 Å². The molecule has 0 saturated heterocycles. The summed E-state index contributed by atoms with van der Waals surface area (Å²) in [6.07, 6.45) is 4.90. The number of aliphatic carboxylic acids is 1. The molecule has 0 spiro atoms. The third-order valence-electron chi connectivity index (χ3n) is 3.47. The van der Waals surface area contributed by atoms with Crippen LogP contribution < -0.4 is 10.7 Å². The number of nitrogens with one attached hydrogen (secondary N) is 2. The van der Waals surface area contributed by atoms with E-state index >= 15 is 0 Å². The van der Waals surface area contributed by atoms with Crippen LogP contribution in [0, 0.1) is 0 Å². The average Bonchev–Trinajstić information content (AvgIpc) is 3.08. The number of pyridine rings is 1. The van der Waals surface area contributed by atoms with E-state index in [0.29, 0.717) is 5.69 Å². The Hall–Kier alpha value is -3.68. The zero-order chi connectivity index (χ0) is 17.8. The molecule has 3 aromatic rings. The van der Waals surface area contributed by atoms with Crippen LogP contribution >= 0.6 is 0 Å². The summed E-state index contributed by atoms with van der Waals surface area (Å²) < 4.78 is 1.48. The Morgan fingerprint density at radius 1 is 1.24 bits per heavy atom. The van der Waals surface area contributed by atoms with E-state index in [9.17, 15) is 14.4 Å². The van der Waals surface area contributed by atoms with E-state index in [1.807, 2.05) is 36.4 Å². The zero-order valence-electron chi connectivity index (χ0n) is 13.0. The number of rotatable bonds is 5. The molecule has 2 aromatic heterocycles. The van der Waals surface area contributed by atoms with Gasteiger partial charge in [0.15, 0.2) is 11.1 Å². The molecule has 2 heterocycles. The number of amides is 1. The fraction of sp³-hybridized carbons (Fsp3) is 0.0588. The number of carboxylic acid groups (broad SMARTS) is 1. The van der Waals surface area contributed by atoms with Crippen LogP contribution in [-0.4, -0.2) is 38.1 Å². The fourth-order valence-corrected chi connectivity index (χ4v) is 2.35. The second-order valence-electron chi connectivity index (χ2n) is 5.18. The molecular formula is C17H14N4O4. The maximum absolute atomic E-state index is 12.3. The lowest BCUT2D eigenvalue weighted by molar-refractivity contribution is -0.135. The number of carbonyl (C=O) groups is 2. The van der Waals surface area contributed by atoms with Gasteiger partial charge in [0.2, 0.25) is 0 Å². The molecule has 3 rings (SSSR count). The summed E-state index contributed by atoms with van der Waals surface area (Å²) in [4.78, 5) is 39.0. The quantitative estimate of drug-likeness (QED) is 0.642. The Labute approximate surface area is 141 Å². The maximum atomic E-state index is 12.3. The van der Waals surface area contributed by atoms with Crippen LogP contribution in [-0.2, 0) is 4.79 Å². The number of hydrogen-bond acceptors (Lipinski definition) is 4. The van der Waals surface area contributed by atoms with E-state index in [1.54, 1.807) is 6.08 Å². The highest BCUT2D eigenvalue weighted by Gasteiger charge is 2.18. The molecule has 8 heteroatoms. The van der Waals surface area contributed by atoms with Gasteiger partial charge in [0, 0.05) is 6.07 Å². The lowest BCUT2D eigenvalue weighted by Gasteiger charge is -2.05. The van der Waals surface area contributed by atoms with Gasteiger partial charge in [-0.3, -0.25) is 19.5 Å². The second-order valence-corrected chi connectivity index (χ2v) is 5.18. The summed E-state index contributed by atoms with van der Waals surface area (Å²) in [7, 11) is 0. The van der Waals surface area contributed by atoms with Gasteiger partial charge >= 0.3 is 5.97 Å². The maximum Gasteiger partial charge on any atom is 0.322 e. The predicted octanol–water partition coefficient (Wildman–Crippen LogP) is 1.01.